The highest BCUT2D eigenvalue weighted by molar-refractivity contribution is 5.87. The molecule has 0 aromatic heterocycles. The van der Waals surface area contributed by atoms with Gasteiger partial charge in [0.2, 0.25) is 5.76 Å². The van der Waals surface area contributed by atoms with E-state index < -0.39 is 103 Å². The molecule has 3 heterocycles. The third kappa shape index (κ3) is 16.0. The molecule has 0 aromatic carbocycles. The molecule has 16 nitrogen and oxygen atoms in total. The van der Waals surface area contributed by atoms with Crippen molar-refractivity contribution in [1.82, 2.24) is 0 Å². The Morgan fingerprint density at radius 3 is 2.33 bits per heavy atom. The van der Waals surface area contributed by atoms with Crippen LogP contribution in [0.5, 0.6) is 0 Å². The largest absolute Gasteiger partial charge is 0.490 e. The highest BCUT2D eigenvalue weighted by Gasteiger charge is 2.53. The first-order valence-corrected chi connectivity index (χ1v) is 24.1. The minimum absolute atomic E-state index is 0.00828. The van der Waals surface area contributed by atoms with Gasteiger partial charge in [-0.1, -0.05) is 102 Å². The summed E-state index contributed by atoms with van der Waals surface area (Å²) in [5, 5.41) is 47.6. The van der Waals surface area contributed by atoms with Crippen LogP contribution in [0.1, 0.15) is 121 Å². The quantitative estimate of drug-likeness (QED) is 0.0651. The summed E-state index contributed by atoms with van der Waals surface area (Å²) in [6.45, 7) is 20.2. The van der Waals surface area contributed by atoms with E-state index in [2.05, 4.69) is 0 Å². The van der Waals surface area contributed by atoms with Gasteiger partial charge in [0.25, 0.3) is 0 Å². The van der Waals surface area contributed by atoms with Gasteiger partial charge < -0.3 is 64.1 Å². The van der Waals surface area contributed by atoms with E-state index in [0.717, 1.165) is 12.0 Å². The van der Waals surface area contributed by atoms with E-state index in [4.69, 9.17) is 43.6 Å². The Morgan fingerprint density at radius 2 is 1.73 bits per heavy atom. The van der Waals surface area contributed by atoms with Crippen molar-refractivity contribution < 1.29 is 72.7 Å². The standard InChI is InChI=1S/C51H83NO15/c1-14-17-22-42(53)63-39-26-43(62-35(11)48(39)66-50(52)58)64-41-27-51(59,67-37(19-15-2)32(41)8)34(10)46(56)33(9)47-38(60-12)21-18-20-28(4)23-30(6)44(54)36(16-3)45(55)31(7)24-29(5)25-40(61-13)49(57)65-47/h15,18-21,24-25,30-39,41,43-48,54-56,59H,14,16-17,22-23,26-27H2,1-13H3,(H2,52,58)/b19-15+,21-18+,28-20+,29-24+,40-25-/t30-,31-,32-,33+,34+,35+,36?,37-,38+,39+,41-,43-,44+,45-,46-,47-,48+,51-/m1/s1. The summed E-state index contributed by atoms with van der Waals surface area (Å²) in [5.74, 6) is -6.61. The van der Waals surface area contributed by atoms with Crippen LogP contribution >= 0.6 is 0 Å². The number of carbonyl (C=O) groups excluding carboxylic acids is 3. The Morgan fingerprint density at radius 1 is 1.04 bits per heavy atom. The first-order chi connectivity index (χ1) is 31.5. The lowest BCUT2D eigenvalue weighted by atomic mass is 9.77. The lowest BCUT2D eigenvalue weighted by Crippen LogP contribution is -2.59. The van der Waals surface area contributed by atoms with Gasteiger partial charge in [-0.05, 0) is 59.0 Å². The van der Waals surface area contributed by atoms with Crippen LogP contribution in [-0.4, -0.2) is 126 Å². The number of carbonyl (C=O) groups is 3. The number of primary amides is 1. The van der Waals surface area contributed by atoms with Crippen LogP contribution in [0.25, 0.3) is 0 Å². The molecule has 1 amide bonds. The Balaban J connectivity index is 2.01. The van der Waals surface area contributed by atoms with Gasteiger partial charge in [-0.25, -0.2) is 9.59 Å². The van der Waals surface area contributed by atoms with Crippen molar-refractivity contribution in [2.75, 3.05) is 14.2 Å². The van der Waals surface area contributed by atoms with Crippen LogP contribution in [-0.2, 0) is 47.5 Å². The van der Waals surface area contributed by atoms with Crippen molar-refractivity contribution in [2.24, 2.45) is 41.2 Å². The predicted molar refractivity (Wildman–Crippen MR) is 252 cm³/mol. The molecule has 382 valence electrons. The molecule has 6 N–H and O–H groups in total. The molecule has 67 heavy (non-hydrogen) atoms. The second-order valence-electron chi connectivity index (χ2n) is 19.1. The van der Waals surface area contributed by atoms with Crippen molar-refractivity contribution in [1.29, 1.82) is 0 Å². The van der Waals surface area contributed by atoms with Crippen LogP contribution in [0.3, 0.4) is 0 Å². The number of cyclic esters (lactones) is 1. The number of nitrogens with two attached hydrogens (primary N) is 1. The Labute approximate surface area is 398 Å². The van der Waals surface area contributed by atoms with E-state index in [9.17, 15) is 34.8 Å². The average molecular weight is 950 g/mol. The number of methoxy groups -OCH3 is 2. The monoisotopic (exact) mass is 950 g/mol. The number of hydrogen-bond acceptors (Lipinski definition) is 15. The summed E-state index contributed by atoms with van der Waals surface area (Å²) in [4.78, 5) is 38.7. The van der Waals surface area contributed by atoms with E-state index in [1.807, 2.05) is 60.6 Å². The molecule has 2 saturated heterocycles. The minimum Gasteiger partial charge on any atom is -0.490 e. The number of allylic oxidation sites excluding steroid dienone is 6. The molecule has 2 fully saturated rings. The number of amides is 1. The summed E-state index contributed by atoms with van der Waals surface area (Å²) >= 11 is 0. The molecule has 0 bridgehead atoms. The number of aliphatic hydroxyl groups is 4. The normalized spacial score (nSPS) is 39.4. The van der Waals surface area contributed by atoms with E-state index >= 15 is 0 Å². The van der Waals surface area contributed by atoms with Crippen LogP contribution in [0.2, 0.25) is 0 Å². The van der Waals surface area contributed by atoms with Crippen LogP contribution in [0.15, 0.2) is 59.4 Å². The van der Waals surface area contributed by atoms with Crippen molar-refractivity contribution in [3.8, 4) is 0 Å². The maximum absolute atomic E-state index is 14.0. The summed E-state index contributed by atoms with van der Waals surface area (Å²) in [6.07, 6.45) is 3.78. The van der Waals surface area contributed by atoms with Gasteiger partial charge in [-0.15, -0.1) is 0 Å². The molecule has 0 saturated carbocycles. The highest BCUT2D eigenvalue weighted by atomic mass is 16.7. The average Bonchev–Trinajstić information content (AvgIpc) is 3.27. The van der Waals surface area contributed by atoms with Gasteiger partial charge >= 0.3 is 18.0 Å². The van der Waals surface area contributed by atoms with Crippen LogP contribution < -0.4 is 5.73 Å². The predicted octanol–water partition coefficient (Wildman–Crippen LogP) is 6.73. The fourth-order valence-corrected chi connectivity index (χ4v) is 9.58. The molecule has 1 unspecified atom stereocenters. The maximum atomic E-state index is 14.0. The fraction of sp³-hybridized carbons (Fsp3) is 0.745. The van der Waals surface area contributed by atoms with E-state index in [1.165, 1.54) is 20.3 Å². The molecular formula is C51H83NO15. The van der Waals surface area contributed by atoms with E-state index in [1.54, 1.807) is 52.0 Å². The highest BCUT2D eigenvalue weighted by Crippen LogP contribution is 2.43. The van der Waals surface area contributed by atoms with Gasteiger partial charge in [0.05, 0.1) is 43.7 Å². The minimum atomic E-state index is -2.00. The topological polar surface area (TPSA) is 232 Å². The molecule has 0 radical (unpaired) electrons. The maximum Gasteiger partial charge on any atom is 0.404 e. The molecule has 18 atom stereocenters. The zero-order chi connectivity index (χ0) is 50.3. The second-order valence-corrected chi connectivity index (χ2v) is 19.1. The molecule has 3 aliphatic rings. The van der Waals surface area contributed by atoms with E-state index in [-0.39, 0.29) is 48.7 Å². The first kappa shape index (κ1) is 57.7. The molecule has 0 aliphatic carbocycles. The summed E-state index contributed by atoms with van der Waals surface area (Å²) < 4.78 is 48.0. The molecule has 0 spiro atoms. The molecule has 16 heteroatoms. The number of hydrogen-bond donors (Lipinski definition) is 5. The SMILES string of the molecule is C/C=C/[C@H]1O[C@@](O)([C@@H](C)[C@H](O)[C@H](C)[C@H]2OC(=O)/C(OC)=C/C(C)=C/[C@@H](C)[C@@H](O)C(CC)[C@@H](O)[C@H](C)C/C(C)=C/C=C/[C@@H]2OC)C[C@@H](O[C@@H]2C[C@H](OC(=O)CCCC)[C@@H](OC(N)=O)[C@H](C)O2)[C@@H]1C. The molecule has 3 rings (SSSR count). The zero-order valence-electron chi connectivity index (χ0n) is 42.2. The van der Waals surface area contributed by atoms with Crippen molar-refractivity contribution in [3.63, 3.8) is 0 Å². The number of rotatable bonds is 15. The van der Waals surface area contributed by atoms with Crippen molar-refractivity contribution in [3.05, 3.63) is 59.4 Å². The van der Waals surface area contributed by atoms with Gasteiger partial charge in [0.15, 0.2) is 18.2 Å². The summed E-state index contributed by atoms with van der Waals surface area (Å²) in [5.41, 5.74) is 6.95. The van der Waals surface area contributed by atoms with Gasteiger partial charge in [0.1, 0.15) is 18.3 Å². The Bertz CT molecular complexity index is 1750. The van der Waals surface area contributed by atoms with Gasteiger partial charge in [-0.2, -0.15) is 0 Å². The summed E-state index contributed by atoms with van der Waals surface area (Å²) in [7, 11) is 2.81. The third-order valence-corrected chi connectivity index (χ3v) is 13.8. The van der Waals surface area contributed by atoms with Crippen LogP contribution in [0, 0.1) is 35.5 Å². The van der Waals surface area contributed by atoms with Crippen molar-refractivity contribution in [2.45, 2.75) is 194 Å². The molecular weight excluding hydrogens is 867 g/mol. The molecule has 0 aromatic rings. The van der Waals surface area contributed by atoms with Crippen LogP contribution in [0.4, 0.5) is 4.79 Å². The Hall–Kier alpha value is -3.61. The zero-order valence-corrected chi connectivity index (χ0v) is 42.2. The lowest BCUT2D eigenvalue weighted by molar-refractivity contribution is -0.339. The lowest BCUT2D eigenvalue weighted by Gasteiger charge is -2.50. The molecule has 3 aliphatic heterocycles. The number of esters is 2. The van der Waals surface area contributed by atoms with E-state index in [0.29, 0.717) is 24.8 Å². The number of aliphatic hydroxyl groups excluding tert-OH is 3. The van der Waals surface area contributed by atoms with Gasteiger partial charge in [-0.3, -0.25) is 4.79 Å². The fourth-order valence-electron chi connectivity index (χ4n) is 9.58. The number of unbranched alkanes of at least 4 members (excludes halogenated alkanes) is 1. The first-order valence-electron chi connectivity index (χ1n) is 24.1. The Kier molecular flexibility index (Phi) is 23.2. The smallest absolute Gasteiger partial charge is 0.404 e. The van der Waals surface area contributed by atoms with Gasteiger partial charge in [0, 0.05) is 56.0 Å². The number of ether oxygens (including phenoxy) is 8. The van der Waals surface area contributed by atoms with Crippen molar-refractivity contribution >= 4 is 18.0 Å². The third-order valence-electron chi connectivity index (χ3n) is 13.8. The summed E-state index contributed by atoms with van der Waals surface area (Å²) in [6, 6.07) is 0. The second kappa shape index (κ2) is 27.0.